The summed E-state index contributed by atoms with van der Waals surface area (Å²) in [6.45, 7) is 8.13. The summed E-state index contributed by atoms with van der Waals surface area (Å²) in [6, 6.07) is 0. The number of hydroxylamine groups is 4. The second kappa shape index (κ2) is 8.25. The van der Waals surface area contributed by atoms with Gasteiger partial charge in [0, 0.05) is 24.6 Å². The molecule has 1 saturated heterocycles. The first-order valence-corrected chi connectivity index (χ1v) is 9.02. The van der Waals surface area contributed by atoms with Gasteiger partial charge in [0.05, 0.1) is 18.8 Å². The molecule has 29 heavy (non-hydrogen) atoms. The quantitative estimate of drug-likeness (QED) is 0.386. The number of carboxylic acid groups (broad SMARTS) is 2. The third kappa shape index (κ3) is 5.03. The van der Waals surface area contributed by atoms with E-state index in [-0.39, 0.29) is 12.8 Å². The van der Waals surface area contributed by atoms with E-state index in [0.29, 0.717) is 0 Å². The van der Waals surface area contributed by atoms with E-state index in [1.54, 1.807) is 27.7 Å². The number of esters is 1. The number of quaternary nitrogens is 1. The van der Waals surface area contributed by atoms with Crippen LogP contribution in [0.15, 0.2) is 0 Å². The first-order chi connectivity index (χ1) is 13.0. The van der Waals surface area contributed by atoms with E-state index in [1.165, 1.54) is 14.0 Å². The van der Waals surface area contributed by atoms with Crippen molar-refractivity contribution in [2.24, 2.45) is 0 Å². The molecule has 0 aromatic carbocycles. The molecule has 0 amide bonds. The van der Waals surface area contributed by atoms with Crippen molar-refractivity contribution in [2.75, 3.05) is 7.11 Å². The molecule has 11 heteroatoms. The maximum absolute atomic E-state index is 12.6. The number of aliphatic carboxylic acids is 2. The van der Waals surface area contributed by atoms with Crippen LogP contribution in [0.2, 0.25) is 0 Å². The molecule has 0 aromatic rings. The van der Waals surface area contributed by atoms with Crippen molar-refractivity contribution in [1.82, 2.24) is 0 Å². The molecule has 11 nitrogen and oxygen atoms in total. The first-order valence-electron chi connectivity index (χ1n) is 9.02. The standard InChI is InChI=1S/C18H29NO10/c1-11(20)28-12-7-16(2,3)19(27-6,17(4,5)8-12)29-14(23)10-18(26,15(24)25)9-13(21)22/h12,26H,7-10H2,1-6H3,(H-,21,22,24,25). The number of nitrogens with zero attached hydrogens (tertiary/aromatic N) is 1. The predicted molar refractivity (Wildman–Crippen MR) is 93.1 cm³/mol. The van der Waals surface area contributed by atoms with Crippen molar-refractivity contribution in [2.45, 2.75) is 83.1 Å². The predicted octanol–water partition coefficient (Wildman–Crippen LogP) is -0.549. The lowest BCUT2D eigenvalue weighted by molar-refractivity contribution is -1.29. The summed E-state index contributed by atoms with van der Waals surface area (Å²) in [5.74, 6) is -5.37. The third-order valence-electron chi connectivity index (χ3n) is 5.13. The van der Waals surface area contributed by atoms with E-state index in [2.05, 4.69) is 0 Å². The van der Waals surface area contributed by atoms with Crippen molar-refractivity contribution in [3.05, 3.63) is 0 Å². The van der Waals surface area contributed by atoms with E-state index in [4.69, 9.17) is 19.5 Å². The molecule has 1 atom stereocenters. The summed E-state index contributed by atoms with van der Waals surface area (Å²) in [4.78, 5) is 56.4. The van der Waals surface area contributed by atoms with Gasteiger partial charge in [-0.25, -0.2) is 9.63 Å². The molecule has 1 rings (SSSR count). The summed E-state index contributed by atoms with van der Waals surface area (Å²) < 4.78 is 5.32. The molecule has 0 bridgehead atoms. The van der Waals surface area contributed by atoms with Gasteiger partial charge >= 0.3 is 17.9 Å². The maximum Gasteiger partial charge on any atom is 0.374 e. The van der Waals surface area contributed by atoms with Crippen molar-refractivity contribution < 1.29 is 53.7 Å². The Kier molecular flexibility index (Phi) is 7.05. The summed E-state index contributed by atoms with van der Waals surface area (Å²) in [5, 5.41) is 30.1. The molecule has 166 valence electrons. The molecule has 1 fully saturated rings. The monoisotopic (exact) mass is 419 g/mol. The number of carboxylic acids is 2. The SMILES string of the molecule is CO[N+]1(OC(=O)CC(O)(CC(=O)O)C(=O)[O-])C(C)(C)CC(OC(C)=O)CC1(C)C. The lowest BCUT2D eigenvalue weighted by Crippen LogP contribution is -2.75. The molecule has 0 saturated carbocycles. The second-order valence-corrected chi connectivity index (χ2v) is 8.53. The molecule has 0 radical (unpaired) electrons. The van der Waals surface area contributed by atoms with E-state index >= 15 is 0 Å². The summed E-state index contributed by atoms with van der Waals surface area (Å²) in [7, 11) is 1.30. The van der Waals surface area contributed by atoms with E-state index in [1.807, 2.05) is 0 Å². The van der Waals surface area contributed by atoms with Crippen LogP contribution in [0.25, 0.3) is 0 Å². The zero-order valence-electron chi connectivity index (χ0n) is 17.5. The van der Waals surface area contributed by atoms with Crippen LogP contribution in [-0.2, 0) is 33.6 Å². The van der Waals surface area contributed by atoms with E-state index < -0.39 is 64.3 Å². The highest BCUT2D eigenvalue weighted by molar-refractivity contribution is 5.87. The Hall–Kier alpha value is -2.24. The number of aliphatic hydroxyl groups is 1. The van der Waals surface area contributed by atoms with Gasteiger partial charge in [-0.3, -0.25) is 9.59 Å². The van der Waals surface area contributed by atoms with Crippen LogP contribution < -0.4 is 5.11 Å². The van der Waals surface area contributed by atoms with Crippen molar-refractivity contribution in [3.8, 4) is 0 Å². The fraction of sp³-hybridized carbons (Fsp3) is 0.778. The Morgan fingerprint density at radius 2 is 1.59 bits per heavy atom. The van der Waals surface area contributed by atoms with Gasteiger partial charge in [-0.1, -0.05) is 0 Å². The zero-order chi connectivity index (χ0) is 22.8. The Labute approximate surface area is 168 Å². The summed E-state index contributed by atoms with van der Waals surface area (Å²) >= 11 is 0. The molecule has 1 aliphatic rings. The molecular formula is C18H29NO10. The van der Waals surface area contributed by atoms with Gasteiger partial charge < -0.3 is 24.9 Å². The van der Waals surface area contributed by atoms with Gasteiger partial charge in [-0.2, -0.15) is 4.84 Å². The van der Waals surface area contributed by atoms with Crippen LogP contribution in [0.5, 0.6) is 0 Å². The molecule has 0 aromatic heterocycles. The average Bonchev–Trinajstić information content (AvgIpc) is 2.48. The minimum absolute atomic E-state index is 0.261. The first kappa shape index (κ1) is 24.8. The third-order valence-corrected chi connectivity index (χ3v) is 5.13. The Morgan fingerprint density at radius 3 is 1.93 bits per heavy atom. The molecule has 0 spiro atoms. The zero-order valence-corrected chi connectivity index (χ0v) is 17.5. The van der Waals surface area contributed by atoms with Crippen molar-refractivity contribution in [1.29, 1.82) is 0 Å². The van der Waals surface area contributed by atoms with Crippen LogP contribution in [0.1, 0.15) is 60.3 Å². The average molecular weight is 419 g/mol. The van der Waals surface area contributed by atoms with Crippen LogP contribution in [-0.4, -0.2) is 68.8 Å². The molecule has 1 aliphatic heterocycles. The minimum Gasteiger partial charge on any atom is -0.547 e. The van der Waals surface area contributed by atoms with Gasteiger partial charge in [-0.05, 0) is 27.7 Å². The molecule has 1 heterocycles. The Bertz CT molecular complexity index is 668. The number of hydrogen-bond acceptors (Lipinski definition) is 9. The maximum atomic E-state index is 12.6. The largest absolute Gasteiger partial charge is 0.547 e. The number of rotatable bonds is 8. The van der Waals surface area contributed by atoms with Crippen LogP contribution in [0.3, 0.4) is 0 Å². The van der Waals surface area contributed by atoms with Crippen LogP contribution in [0.4, 0.5) is 0 Å². The topological polar surface area (TPSA) is 159 Å². The number of piperidine rings is 1. The van der Waals surface area contributed by atoms with E-state index in [9.17, 15) is 29.4 Å². The van der Waals surface area contributed by atoms with Crippen molar-refractivity contribution in [3.63, 3.8) is 0 Å². The van der Waals surface area contributed by atoms with Crippen LogP contribution >= 0.6 is 0 Å². The second-order valence-electron chi connectivity index (χ2n) is 8.53. The van der Waals surface area contributed by atoms with Gasteiger partial charge in [0.15, 0.2) is 11.1 Å². The molecule has 0 aliphatic carbocycles. The number of carbonyl (C=O) groups is 4. The van der Waals surface area contributed by atoms with Gasteiger partial charge in [-0.15, -0.1) is 0 Å². The Balaban J connectivity index is 3.20. The van der Waals surface area contributed by atoms with Crippen molar-refractivity contribution >= 4 is 23.9 Å². The molecule has 2 N–H and O–H groups in total. The molecular weight excluding hydrogens is 390 g/mol. The number of carbonyl (C=O) groups excluding carboxylic acids is 3. The van der Waals surface area contributed by atoms with Gasteiger partial charge in [0.1, 0.15) is 18.8 Å². The highest BCUT2D eigenvalue weighted by Crippen LogP contribution is 2.47. The fourth-order valence-electron chi connectivity index (χ4n) is 4.21. The molecule has 1 unspecified atom stereocenters. The lowest BCUT2D eigenvalue weighted by Gasteiger charge is -2.55. The highest BCUT2D eigenvalue weighted by Gasteiger charge is 2.66. The normalized spacial score (nSPS) is 27.3. The van der Waals surface area contributed by atoms with Gasteiger partial charge in [0.25, 0.3) is 0 Å². The lowest BCUT2D eigenvalue weighted by atomic mass is 9.79. The minimum atomic E-state index is -2.94. The number of hydrogen-bond donors (Lipinski definition) is 2. The summed E-state index contributed by atoms with van der Waals surface area (Å²) in [6.07, 6.45) is -2.33. The fourth-order valence-corrected chi connectivity index (χ4v) is 4.21. The Morgan fingerprint density at radius 1 is 1.10 bits per heavy atom. The van der Waals surface area contributed by atoms with Gasteiger partial charge in [0.2, 0.25) is 0 Å². The summed E-state index contributed by atoms with van der Waals surface area (Å²) in [5.41, 5.74) is -4.83. The van der Waals surface area contributed by atoms with Crippen LogP contribution in [0, 0.1) is 0 Å². The van der Waals surface area contributed by atoms with E-state index in [0.717, 1.165) is 0 Å². The number of ether oxygens (including phenoxy) is 1. The highest BCUT2D eigenvalue weighted by atomic mass is 17.0. The smallest absolute Gasteiger partial charge is 0.374 e.